The van der Waals surface area contributed by atoms with E-state index in [1.54, 1.807) is 0 Å². The first kappa shape index (κ1) is 8.79. The molecule has 1 saturated carbocycles. The van der Waals surface area contributed by atoms with E-state index in [1.165, 1.54) is 6.42 Å². The van der Waals surface area contributed by atoms with E-state index in [2.05, 4.69) is 32.0 Å². The van der Waals surface area contributed by atoms with E-state index in [9.17, 15) is 0 Å². The highest BCUT2D eigenvalue weighted by Gasteiger charge is 2.55. The molecule has 0 aromatic rings. The van der Waals surface area contributed by atoms with Gasteiger partial charge in [0, 0.05) is 5.41 Å². The van der Waals surface area contributed by atoms with Crippen LogP contribution < -0.4 is 0 Å². The monoisotopic (exact) mass is 179 g/mol. The number of hydrogen-bond donors (Lipinski definition) is 1. The standard InChI is InChI=1S/C11H17NO/c1-10(2)8-4-5-9(12-13)11(10,3)7-6-8/h4-5,8,13H,6-7H2,1-3H3/b12-9-/t8-,11+/m0/s1. The molecule has 2 nitrogen and oxygen atoms in total. The molecule has 2 aliphatic carbocycles. The van der Waals surface area contributed by atoms with E-state index < -0.39 is 0 Å². The molecule has 2 bridgehead atoms. The van der Waals surface area contributed by atoms with E-state index >= 15 is 0 Å². The summed E-state index contributed by atoms with van der Waals surface area (Å²) in [6, 6.07) is 0. The summed E-state index contributed by atoms with van der Waals surface area (Å²) in [4.78, 5) is 0. The molecule has 1 N–H and O–H groups in total. The van der Waals surface area contributed by atoms with Crippen molar-refractivity contribution in [3.05, 3.63) is 12.2 Å². The van der Waals surface area contributed by atoms with E-state index in [0.29, 0.717) is 5.92 Å². The molecule has 2 atom stereocenters. The highest BCUT2D eigenvalue weighted by molar-refractivity contribution is 6.01. The molecule has 1 fully saturated rings. The number of nitrogens with zero attached hydrogens (tertiary/aromatic N) is 1. The second-order valence-electron chi connectivity index (χ2n) is 5.04. The van der Waals surface area contributed by atoms with E-state index in [-0.39, 0.29) is 10.8 Å². The minimum atomic E-state index is 0.0706. The minimum absolute atomic E-state index is 0.0706. The third-order valence-electron chi connectivity index (χ3n) is 4.46. The summed E-state index contributed by atoms with van der Waals surface area (Å²) < 4.78 is 0. The molecule has 0 radical (unpaired) electrons. The van der Waals surface area contributed by atoms with Gasteiger partial charge in [0.1, 0.15) is 0 Å². The maximum absolute atomic E-state index is 8.95. The Balaban J connectivity index is 2.54. The van der Waals surface area contributed by atoms with Gasteiger partial charge in [-0.15, -0.1) is 0 Å². The van der Waals surface area contributed by atoms with Gasteiger partial charge >= 0.3 is 0 Å². The minimum Gasteiger partial charge on any atom is -0.411 e. The predicted octanol–water partition coefficient (Wildman–Crippen LogP) is 2.83. The zero-order valence-electron chi connectivity index (χ0n) is 8.54. The average Bonchev–Trinajstić information content (AvgIpc) is 2.24. The molecule has 0 heterocycles. The predicted molar refractivity (Wildman–Crippen MR) is 53.0 cm³/mol. The Kier molecular flexibility index (Phi) is 1.60. The van der Waals surface area contributed by atoms with Gasteiger partial charge in [0.05, 0.1) is 5.71 Å². The van der Waals surface area contributed by atoms with Crippen LogP contribution in [0.4, 0.5) is 0 Å². The van der Waals surface area contributed by atoms with Crippen LogP contribution in [0.25, 0.3) is 0 Å². The van der Waals surface area contributed by atoms with E-state index in [1.807, 2.05) is 6.08 Å². The van der Waals surface area contributed by atoms with E-state index in [0.717, 1.165) is 12.1 Å². The molecule has 0 aromatic heterocycles. The lowest BCUT2D eigenvalue weighted by Crippen LogP contribution is -2.42. The Labute approximate surface area is 79.3 Å². The van der Waals surface area contributed by atoms with Crippen molar-refractivity contribution in [3.8, 4) is 0 Å². The second kappa shape index (κ2) is 2.37. The number of rotatable bonds is 0. The molecule has 0 unspecified atom stereocenters. The van der Waals surface area contributed by atoms with Crippen LogP contribution >= 0.6 is 0 Å². The number of hydrogen-bond acceptors (Lipinski definition) is 2. The van der Waals surface area contributed by atoms with Crippen molar-refractivity contribution in [1.82, 2.24) is 0 Å². The van der Waals surface area contributed by atoms with Gasteiger partial charge in [-0.1, -0.05) is 32.0 Å². The van der Waals surface area contributed by atoms with Crippen LogP contribution in [0.3, 0.4) is 0 Å². The Morgan fingerprint density at radius 3 is 2.77 bits per heavy atom. The zero-order chi connectivity index (χ0) is 9.69. The highest BCUT2D eigenvalue weighted by Crippen LogP contribution is 2.59. The van der Waals surface area contributed by atoms with Crippen molar-refractivity contribution in [1.29, 1.82) is 0 Å². The Hall–Kier alpha value is -0.790. The van der Waals surface area contributed by atoms with Crippen molar-refractivity contribution in [2.45, 2.75) is 33.6 Å². The smallest absolute Gasteiger partial charge is 0.0857 e. The lowest BCUT2D eigenvalue weighted by atomic mass is 9.61. The van der Waals surface area contributed by atoms with Crippen molar-refractivity contribution in [2.24, 2.45) is 21.9 Å². The van der Waals surface area contributed by atoms with Gasteiger partial charge in [0.15, 0.2) is 0 Å². The maximum atomic E-state index is 8.95. The van der Waals surface area contributed by atoms with Crippen molar-refractivity contribution in [2.75, 3.05) is 0 Å². The molecule has 72 valence electrons. The van der Waals surface area contributed by atoms with Crippen LogP contribution in [0.1, 0.15) is 33.6 Å². The Morgan fingerprint density at radius 1 is 1.46 bits per heavy atom. The van der Waals surface area contributed by atoms with Gasteiger partial charge in [-0.3, -0.25) is 0 Å². The van der Waals surface area contributed by atoms with Crippen molar-refractivity contribution in [3.63, 3.8) is 0 Å². The van der Waals surface area contributed by atoms with E-state index in [4.69, 9.17) is 5.21 Å². The molecule has 13 heavy (non-hydrogen) atoms. The van der Waals surface area contributed by atoms with Crippen LogP contribution in [0.2, 0.25) is 0 Å². The topological polar surface area (TPSA) is 32.6 Å². The summed E-state index contributed by atoms with van der Waals surface area (Å²) in [5.74, 6) is 0.656. The fraction of sp³-hybridized carbons (Fsp3) is 0.727. The molecular formula is C11H17NO. The van der Waals surface area contributed by atoms with Gasteiger partial charge in [-0.05, 0) is 30.3 Å². The lowest BCUT2D eigenvalue weighted by Gasteiger charge is -2.43. The van der Waals surface area contributed by atoms with Gasteiger partial charge in [0.2, 0.25) is 0 Å². The number of oxime groups is 1. The summed E-state index contributed by atoms with van der Waals surface area (Å²) >= 11 is 0. The maximum Gasteiger partial charge on any atom is 0.0857 e. The first-order valence-electron chi connectivity index (χ1n) is 4.93. The van der Waals surface area contributed by atoms with Crippen molar-refractivity contribution < 1.29 is 5.21 Å². The largest absolute Gasteiger partial charge is 0.411 e. The number of allylic oxidation sites excluding steroid dienone is 2. The lowest BCUT2D eigenvalue weighted by molar-refractivity contribution is 0.167. The molecular weight excluding hydrogens is 162 g/mol. The first-order chi connectivity index (χ1) is 6.02. The summed E-state index contributed by atoms with van der Waals surface area (Å²) in [5.41, 5.74) is 1.16. The zero-order valence-corrected chi connectivity index (χ0v) is 8.54. The van der Waals surface area contributed by atoms with Gasteiger partial charge in [0.25, 0.3) is 0 Å². The van der Waals surface area contributed by atoms with Crippen LogP contribution in [-0.2, 0) is 0 Å². The van der Waals surface area contributed by atoms with Crippen LogP contribution in [0, 0.1) is 16.7 Å². The SMILES string of the molecule is CC1(C)[C@H]2C=C/C(=N/O)[C@@]1(C)CC2. The van der Waals surface area contributed by atoms with Crippen molar-refractivity contribution >= 4 is 5.71 Å². The first-order valence-corrected chi connectivity index (χ1v) is 4.93. The highest BCUT2D eigenvalue weighted by atomic mass is 16.4. The molecule has 0 aromatic carbocycles. The van der Waals surface area contributed by atoms with Gasteiger partial charge in [-0.25, -0.2) is 0 Å². The molecule has 0 aliphatic heterocycles. The molecule has 2 heteroatoms. The van der Waals surface area contributed by atoms with Crippen LogP contribution in [0.5, 0.6) is 0 Å². The van der Waals surface area contributed by atoms with Crippen LogP contribution in [0.15, 0.2) is 17.3 Å². The molecule has 2 rings (SSSR count). The van der Waals surface area contributed by atoms with Gasteiger partial charge < -0.3 is 5.21 Å². The molecule has 2 aliphatic rings. The Morgan fingerprint density at radius 2 is 2.15 bits per heavy atom. The molecule has 0 saturated heterocycles. The fourth-order valence-electron chi connectivity index (χ4n) is 2.87. The summed E-state index contributed by atoms with van der Waals surface area (Å²) in [5, 5.41) is 12.4. The summed E-state index contributed by atoms with van der Waals surface area (Å²) in [6.45, 7) is 6.77. The molecule has 0 amide bonds. The third kappa shape index (κ3) is 0.862. The summed E-state index contributed by atoms with van der Waals surface area (Å²) in [7, 11) is 0. The molecule has 0 spiro atoms. The average molecular weight is 179 g/mol. The third-order valence-corrected chi connectivity index (χ3v) is 4.46. The normalized spacial score (nSPS) is 44.2. The Bertz CT molecular complexity index is 290. The van der Waals surface area contributed by atoms with Gasteiger partial charge in [-0.2, -0.15) is 0 Å². The van der Waals surface area contributed by atoms with Crippen LogP contribution in [-0.4, -0.2) is 10.9 Å². The number of fused-ring (bicyclic) bond motifs is 2. The quantitative estimate of drug-likeness (QED) is 0.450. The second-order valence-corrected chi connectivity index (χ2v) is 5.04. The fourth-order valence-corrected chi connectivity index (χ4v) is 2.87. The summed E-state index contributed by atoms with van der Waals surface area (Å²) in [6.07, 6.45) is 6.54.